The summed E-state index contributed by atoms with van der Waals surface area (Å²) in [4.78, 5) is 103. The summed E-state index contributed by atoms with van der Waals surface area (Å²) in [5, 5.41) is 11.9. The highest BCUT2D eigenvalue weighted by Crippen LogP contribution is 2.18. The summed E-state index contributed by atoms with van der Waals surface area (Å²) < 4.78 is 24.8. The number of carbonyl (C=O) groups excluding carboxylic acids is 9. The van der Waals surface area contributed by atoms with Gasteiger partial charge in [-0.05, 0) is 167 Å². The Labute approximate surface area is 455 Å². The topological polar surface area (TPSA) is 381 Å². The van der Waals surface area contributed by atoms with E-state index < -0.39 is 70.9 Å². The molecule has 0 unspecified atom stereocenters. The summed E-state index contributed by atoms with van der Waals surface area (Å²) in [6.45, 7) is 23.2. The van der Waals surface area contributed by atoms with Crippen LogP contribution >= 0.6 is 15.9 Å². The number of nitrogens with zero attached hydrogens (tertiary/aromatic N) is 1. The van der Waals surface area contributed by atoms with Gasteiger partial charge in [-0.3, -0.25) is 28.8 Å². The van der Waals surface area contributed by atoms with Crippen molar-refractivity contribution in [2.75, 3.05) is 58.3 Å². The van der Waals surface area contributed by atoms with Gasteiger partial charge in [0.2, 0.25) is 23.6 Å². The molecule has 1 rings (SSSR count). The molecular weight excluding hydrogens is 1040 g/mol. The van der Waals surface area contributed by atoms with Gasteiger partial charge < -0.3 is 78.5 Å². The van der Waals surface area contributed by atoms with Gasteiger partial charge in [-0.15, -0.1) is 0 Å². The quantitative estimate of drug-likeness (QED) is 0.0217. The molecule has 0 bridgehead atoms. The van der Waals surface area contributed by atoms with Gasteiger partial charge in [0.1, 0.15) is 22.8 Å². The summed E-state index contributed by atoms with van der Waals surface area (Å²) in [7, 11) is 1.50. The van der Waals surface area contributed by atoms with Gasteiger partial charge in [-0.1, -0.05) is 15.9 Å². The van der Waals surface area contributed by atoms with Crippen LogP contribution < -0.4 is 49.9 Å². The van der Waals surface area contributed by atoms with Crippen LogP contribution in [-0.2, 0) is 52.5 Å². The zero-order chi connectivity index (χ0) is 58.6. The number of ether oxygens (including phenoxy) is 5. The maximum atomic E-state index is 11.7. The highest BCUT2D eigenvalue weighted by atomic mass is 79.9. The van der Waals surface area contributed by atoms with E-state index in [-0.39, 0.29) is 17.8 Å². The molecule has 3 atom stereocenters. The van der Waals surface area contributed by atoms with E-state index in [0.29, 0.717) is 110 Å². The Balaban J connectivity index is -0.000000464. The lowest BCUT2D eigenvalue weighted by Gasteiger charge is -2.25. The van der Waals surface area contributed by atoms with Crippen molar-refractivity contribution in [1.82, 2.24) is 26.2 Å². The fourth-order valence-electron chi connectivity index (χ4n) is 6.06. The van der Waals surface area contributed by atoms with Crippen molar-refractivity contribution < 1.29 is 66.8 Å². The Morgan fingerprint density at radius 3 is 1.31 bits per heavy atom. The number of esters is 2. The van der Waals surface area contributed by atoms with E-state index in [0.717, 1.165) is 37.4 Å². The van der Waals surface area contributed by atoms with E-state index >= 15 is 0 Å². The third-order valence-corrected chi connectivity index (χ3v) is 9.93. The van der Waals surface area contributed by atoms with Gasteiger partial charge in [0.05, 0.1) is 25.3 Å². The molecule has 0 aromatic carbocycles. The van der Waals surface area contributed by atoms with E-state index in [1.54, 1.807) is 74.1 Å². The second-order valence-corrected chi connectivity index (χ2v) is 20.6. The Hall–Kier alpha value is -5.01. The van der Waals surface area contributed by atoms with Gasteiger partial charge in [0.25, 0.3) is 0 Å². The molecule has 7 amide bonds. The molecule has 0 aromatic rings. The first kappa shape index (κ1) is 76.5. The number of nitrogens with one attached hydrogen (secondary N) is 4. The molecule has 0 aliphatic carbocycles. The molecule has 0 radical (unpaired) electrons. The number of alkyl halides is 1. The molecule has 0 saturated carbocycles. The number of halogens is 1. The summed E-state index contributed by atoms with van der Waals surface area (Å²) >= 11 is 3.22. The van der Waals surface area contributed by atoms with Crippen LogP contribution in [0.25, 0.3) is 0 Å². The highest BCUT2D eigenvalue weighted by Gasteiger charge is 2.31. The molecule has 1 fully saturated rings. The number of nitrogens with two attached hydrogens (primary N) is 5. The molecule has 24 nitrogen and oxygen atoms in total. The summed E-state index contributed by atoms with van der Waals surface area (Å²) in [5.41, 5.74) is 24.2. The Morgan fingerprint density at radius 1 is 0.573 bits per heavy atom. The molecule has 25 heteroatoms. The molecular formula is C50H99BrN10O14. The highest BCUT2D eigenvalue weighted by molar-refractivity contribution is 9.09. The fraction of sp³-hybridized carbons (Fsp3) is 0.820. The third kappa shape index (κ3) is 52.2. The summed E-state index contributed by atoms with van der Waals surface area (Å²) in [6, 6.07) is -1.57. The van der Waals surface area contributed by atoms with Gasteiger partial charge in [-0.25, -0.2) is 14.4 Å². The standard InChI is InChI=1S/C17H33N3O5.C15H27N3O4.C11H23N3O3.C6H11BrO2.CH5N/c1-5-24-14(21)10-8-12-19-13(15(18)22)9-6-7-11-20-16(23)25-17(2,3)4;1-15(2,3)22-14(21)17-9-5-4-7-11(13(16)20)18-10-6-8-12(18)19;1-11(2,3)17-10(16)14-7-5-4-6-8(12)9(13)15;1-2-9-6(8)4-3-5-7;1-2/h13,19H,5-12H2,1-4H3,(H2,18,22)(H,20,23);11H,4-10H2,1-3H3,(H2,16,20)(H,17,21);8H,4-7,12H2,1-3H3,(H2,13,15)(H,14,16);2-5H2,1H3;2H2,1H3/t13-;11-;8-;;/m000../s1. The molecule has 440 valence electrons. The Bertz CT molecular complexity index is 1620. The Morgan fingerprint density at radius 2 is 0.973 bits per heavy atom. The number of amides is 7. The van der Waals surface area contributed by atoms with Crippen LogP contribution in [0.3, 0.4) is 0 Å². The van der Waals surface area contributed by atoms with Crippen LogP contribution in [0.4, 0.5) is 14.4 Å². The van der Waals surface area contributed by atoms with E-state index in [9.17, 15) is 43.2 Å². The predicted octanol–water partition coefficient (Wildman–Crippen LogP) is 4.42. The van der Waals surface area contributed by atoms with Crippen molar-refractivity contribution in [2.24, 2.45) is 28.7 Å². The van der Waals surface area contributed by atoms with E-state index in [4.69, 9.17) is 41.9 Å². The Kier molecular flexibility index (Phi) is 46.1. The van der Waals surface area contributed by atoms with Gasteiger partial charge in [-0.2, -0.15) is 0 Å². The summed E-state index contributed by atoms with van der Waals surface area (Å²) in [5.74, 6) is -1.72. The van der Waals surface area contributed by atoms with Gasteiger partial charge in [0, 0.05) is 50.8 Å². The monoisotopic (exact) mass is 1140 g/mol. The fourth-order valence-corrected chi connectivity index (χ4v) is 6.34. The second-order valence-electron chi connectivity index (χ2n) is 19.8. The zero-order valence-electron chi connectivity index (χ0n) is 47.4. The molecule has 1 saturated heterocycles. The number of likely N-dealkylation sites (tertiary alicyclic amines) is 1. The maximum Gasteiger partial charge on any atom is 0.407 e. The second kappa shape index (κ2) is 45.2. The van der Waals surface area contributed by atoms with Crippen LogP contribution in [0.2, 0.25) is 0 Å². The smallest absolute Gasteiger partial charge is 0.407 e. The summed E-state index contributed by atoms with van der Waals surface area (Å²) in [6.07, 6.45) is 8.17. The number of alkyl carbamates (subject to hydrolysis) is 3. The lowest BCUT2D eigenvalue weighted by atomic mass is 10.1. The van der Waals surface area contributed by atoms with E-state index in [1.807, 2.05) is 6.92 Å². The van der Waals surface area contributed by atoms with Crippen LogP contribution in [0, 0.1) is 0 Å². The number of carbonyl (C=O) groups is 9. The molecule has 0 aromatic heterocycles. The minimum absolute atomic E-state index is 0.00400. The predicted molar refractivity (Wildman–Crippen MR) is 292 cm³/mol. The lowest BCUT2D eigenvalue weighted by molar-refractivity contribution is -0.144. The number of hydrogen-bond acceptors (Lipinski definition) is 17. The van der Waals surface area contributed by atoms with E-state index in [1.165, 1.54) is 7.05 Å². The number of primary amides is 3. The molecule has 0 spiro atoms. The molecule has 1 heterocycles. The van der Waals surface area contributed by atoms with Crippen molar-refractivity contribution in [3.8, 4) is 0 Å². The first-order chi connectivity index (χ1) is 34.9. The van der Waals surface area contributed by atoms with Crippen LogP contribution in [0.15, 0.2) is 0 Å². The van der Waals surface area contributed by atoms with Crippen LogP contribution in [-0.4, -0.2) is 152 Å². The normalized spacial score (nSPS) is 13.1. The number of hydrogen-bond donors (Lipinski definition) is 9. The van der Waals surface area contributed by atoms with Crippen LogP contribution in [0.5, 0.6) is 0 Å². The van der Waals surface area contributed by atoms with Crippen molar-refractivity contribution in [1.29, 1.82) is 0 Å². The third-order valence-electron chi connectivity index (χ3n) is 9.37. The lowest BCUT2D eigenvalue weighted by Crippen LogP contribution is -2.45. The average molecular weight is 1140 g/mol. The van der Waals surface area contributed by atoms with Gasteiger partial charge in [0.15, 0.2) is 0 Å². The van der Waals surface area contributed by atoms with Crippen molar-refractivity contribution >= 4 is 69.8 Å². The minimum Gasteiger partial charge on any atom is -0.466 e. The zero-order valence-corrected chi connectivity index (χ0v) is 49.0. The number of unbranched alkanes of at least 4 members (excludes halogenated alkanes) is 3. The minimum atomic E-state index is -0.600. The van der Waals surface area contributed by atoms with Crippen LogP contribution in [0.1, 0.15) is 172 Å². The van der Waals surface area contributed by atoms with E-state index in [2.05, 4.69) is 47.7 Å². The first-order valence-electron chi connectivity index (χ1n) is 25.9. The average Bonchev–Trinajstić information content (AvgIpc) is 3.71. The number of rotatable bonds is 29. The molecule has 1 aliphatic heterocycles. The first-order valence-corrected chi connectivity index (χ1v) is 27.0. The van der Waals surface area contributed by atoms with Gasteiger partial charge >= 0.3 is 30.2 Å². The maximum absolute atomic E-state index is 11.7. The molecule has 14 N–H and O–H groups in total. The SMILES string of the molecule is CC(C)(C)OC(=O)NCCCC[C@@H](C(N)=O)N1CCCC1=O.CC(C)(C)OC(=O)NCCCC[C@H](N)C(N)=O.CCOC(=O)CCCBr.CCOC(=O)CCCN[C@@H](CCCCNC(=O)OC(C)(C)C)C(N)=O.CN. The van der Waals surface area contributed by atoms with Crippen molar-refractivity contribution in [3.05, 3.63) is 0 Å². The molecule has 75 heavy (non-hydrogen) atoms. The van der Waals surface area contributed by atoms with Crippen molar-refractivity contribution in [3.63, 3.8) is 0 Å². The largest absolute Gasteiger partial charge is 0.466 e. The van der Waals surface area contributed by atoms with Crippen molar-refractivity contribution in [2.45, 2.75) is 207 Å². The molecule has 1 aliphatic rings.